The van der Waals surface area contributed by atoms with Crippen LogP contribution in [0.1, 0.15) is 58.3 Å². The molecule has 0 aromatic heterocycles. The second kappa shape index (κ2) is 5.50. The zero-order chi connectivity index (χ0) is 11.4. The first kappa shape index (κ1) is 12.4. The fourth-order valence-electron chi connectivity index (χ4n) is 3.85. The van der Waals surface area contributed by atoms with E-state index in [1.165, 1.54) is 64.5 Å². The van der Waals surface area contributed by atoms with E-state index >= 15 is 0 Å². The van der Waals surface area contributed by atoms with Crippen molar-refractivity contribution in [1.82, 2.24) is 4.90 Å². The molecule has 94 valence electrons. The normalized spacial score (nSPS) is 25.7. The number of likely N-dealkylation sites (N-methyl/N-ethyl adjacent to an activating group) is 1. The Kier molecular flexibility index (Phi) is 4.26. The minimum Gasteiger partial charge on any atom is -0.329 e. The first-order valence-electron chi connectivity index (χ1n) is 7.26. The zero-order valence-corrected chi connectivity index (χ0v) is 10.9. The molecular formula is C14H28N2. The molecule has 0 unspecified atom stereocenters. The summed E-state index contributed by atoms with van der Waals surface area (Å²) < 4.78 is 0. The van der Waals surface area contributed by atoms with Crippen LogP contribution in [0.4, 0.5) is 0 Å². The molecule has 2 N–H and O–H groups in total. The summed E-state index contributed by atoms with van der Waals surface area (Å²) in [6, 6.07) is 0. The molecule has 2 rings (SSSR count). The predicted octanol–water partition coefficient (Wildman–Crippen LogP) is 2.77. The minimum absolute atomic E-state index is 0.372. The van der Waals surface area contributed by atoms with Crippen molar-refractivity contribution < 1.29 is 0 Å². The summed E-state index contributed by atoms with van der Waals surface area (Å²) in [5.74, 6) is 0.962. The van der Waals surface area contributed by atoms with Gasteiger partial charge in [-0.25, -0.2) is 0 Å². The van der Waals surface area contributed by atoms with E-state index in [1.807, 2.05) is 0 Å². The summed E-state index contributed by atoms with van der Waals surface area (Å²) in [7, 11) is 0. The monoisotopic (exact) mass is 224 g/mol. The summed E-state index contributed by atoms with van der Waals surface area (Å²) in [6.45, 7) is 5.68. The summed E-state index contributed by atoms with van der Waals surface area (Å²) in [5, 5.41) is 0. The van der Waals surface area contributed by atoms with Gasteiger partial charge in [-0.15, -0.1) is 0 Å². The van der Waals surface area contributed by atoms with E-state index in [-0.39, 0.29) is 0 Å². The molecule has 2 nitrogen and oxygen atoms in total. The Morgan fingerprint density at radius 2 is 1.75 bits per heavy atom. The van der Waals surface area contributed by atoms with Gasteiger partial charge in [-0.05, 0) is 38.1 Å². The highest BCUT2D eigenvalue weighted by molar-refractivity contribution is 4.96. The van der Waals surface area contributed by atoms with Gasteiger partial charge in [0, 0.05) is 18.6 Å². The van der Waals surface area contributed by atoms with E-state index in [4.69, 9.17) is 5.73 Å². The highest BCUT2D eigenvalue weighted by atomic mass is 15.2. The number of nitrogens with zero attached hydrogens (tertiary/aromatic N) is 1. The molecule has 0 bridgehead atoms. The molecule has 0 heterocycles. The van der Waals surface area contributed by atoms with Gasteiger partial charge >= 0.3 is 0 Å². The molecule has 0 amide bonds. The average molecular weight is 224 g/mol. The van der Waals surface area contributed by atoms with Gasteiger partial charge < -0.3 is 5.73 Å². The standard InChI is InChI=1S/C14H28N2/c1-2-16(11-13-7-3-4-8-13)14(12-15)9-5-6-10-14/h13H,2-12,15H2,1H3. The lowest BCUT2D eigenvalue weighted by molar-refractivity contribution is 0.0866. The lowest BCUT2D eigenvalue weighted by Crippen LogP contribution is -2.53. The Hall–Kier alpha value is -0.0800. The van der Waals surface area contributed by atoms with Crippen molar-refractivity contribution in [3.05, 3.63) is 0 Å². The van der Waals surface area contributed by atoms with Crippen molar-refractivity contribution in [3.8, 4) is 0 Å². The van der Waals surface area contributed by atoms with Crippen molar-refractivity contribution in [2.75, 3.05) is 19.6 Å². The van der Waals surface area contributed by atoms with Gasteiger partial charge in [0.25, 0.3) is 0 Å². The first-order valence-corrected chi connectivity index (χ1v) is 7.26. The molecule has 2 heteroatoms. The number of hydrogen-bond donors (Lipinski definition) is 1. The largest absolute Gasteiger partial charge is 0.329 e. The third-order valence-corrected chi connectivity index (χ3v) is 4.92. The fraction of sp³-hybridized carbons (Fsp3) is 1.00. The molecule has 2 aliphatic rings. The Labute approximate surface area is 101 Å². The van der Waals surface area contributed by atoms with E-state index in [2.05, 4.69) is 11.8 Å². The fourth-order valence-corrected chi connectivity index (χ4v) is 3.85. The van der Waals surface area contributed by atoms with Crippen LogP contribution in [-0.2, 0) is 0 Å². The molecule has 0 aromatic carbocycles. The van der Waals surface area contributed by atoms with Crippen molar-refractivity contribution >= 4 is 0 Å². The molecule has 0 radical (unpaired) electrons. The van der Waals surface area contributed by atoms with Crippen LogP contribution in [-0.4, -0.2) is 30.1 Å². The second-order valence-electron chi connectivity index (χ2n) is 5.82. The van der Waals surface area contributed by atoms with Crippen molar-refractivity contribution in [3.63, 3.8) is 0 Å². The molecule has 2 saturated carbocycles. The first-order chi connectivity index (χ1) is 7.80. The molecule has 0 aromatic rings. The maximum atomic E-state index is 6.08. The Bertz CT molecular complexity index is 203. The number of rotatable bonds is 5. The smallest absolute Gasteiger partial charge is 0.0331 e. The Morgan fingerprint density at radius 1 is 1.12 bits per heavy atom. The van der Waals surface area contributed by atoms with Crippen LogP contribution < -0.4 is 5.73 Å². The topological polar surface area (TPSA) is 29.3 Å². The molecule has 0 saturated heterocycles. The molecule has 0 aliphatic heterocycles. The predicted molar refractivity (Wildman–Crippen MR) is 69.5 cm³/mol. The van der Waals surface area contributed by atoms with Crippen LogP contribution in [0, 0.1) is 5.92 Å². The summed E-state index contributed by atoms with van der Waals surface area (Å²) in [6.07, 6.45) is 11.3. The number of hydrogen-bond acceptors (Lipinski definition) is 2. The summed E-state index contributed by atoms with van der Waals surface area (Å²) in [5.41, 5.74) is 6.45. The van der Waals surface area contributed by atoms with Gasteiger partial charge in [-0.2, -0.15) is 0 Å². The van der Waals surface area contributed by atoms with Crippen molar-refractivity contribution in [2.45, 2.75) is 63.8 Å². The molecule has 0 atom stereocenters. The lowest BCUT2D eigenvalue weighted by atomic mass is 9.93. The Balaban J connectivity index is 1.96. The van der Waals surface area contributed by atoms with Crippen LogP contribution in [0.25, 0.3) is 0 Å². The van der Waals surface area contributed by atoms with Gasteiger partial charge in [0.05, 0.1) is 0 Å². The maximum absolute atomic E-state index is 6.08. The Morgan fingerprint density at radius 3 is 2.25 bits per heavy atom. The van der Waals surface area contributed by atoms with Gasteiger partial charge in [0.2, 0.25) is 0 Å². The third kappa shape index (κ3) is 2.43. The van der Waals surface area contributed by atoms with Crippen LogP contribution >= 0.6 is 0 Å². The van der Waals surface area contributed by atoms with Crippen LogP contribution in [0.5, 0.6) is 0 Å². The lowest BCUT2D eigenvalue weighted by Gasteiger charge is -2.41. The van der Waals surface area contributed by atoms with E-state index in [0.717, 1.165) is 12.5 Å². The summed E-state index contributed by atoms with van der Waals surface area (Å²) in [4.78, 5) is 2.72. The minimum atomic E-state index is 0.372. The SMILES string of the molecule is CCN(CC1CCCC1)C1(CN)CCCC1. The second-order valence-corrected chi connectivity index (χ2v) is 5.82. The average Bonchev–Trinajstić information content (AvgIpc) is 2.97. The maximum Gasteiger partial charge on any atom is 0.0331 e. The molecular weight excluding hydrogens is 196 g/mol. The van der Waals surface area contributed by atoms with Gasteiger partial charge in [0.1, 0.15) is 0 Å². The zero-order valence-electron chi connectivity index (χ0n) is 10.9. The quantitative estimate of drug-likeness (QED) is 0.778. The van der Waals surface area contributed by atoms with Gasteiger partial charge in [-0.1, -0.05) is 32.6 Å². The highest BCUT2D eigenvalue weighted by Gasteiger charge is 2.38. The van der Waals surface area contributed by atoms with E-state index in [9.17, 15) is 0 Å². The molecule has 16 heavy (non-hydrogen) atoms. The van der Waals surface area contributed by atoms with E-state index in [1.54, 1.807) is 0 Å². The van der Waals surface area contributed by atoms with Crippen LogP contribution in [0.15, 0.2) is 0 Å². The molecule has 2 fully saturated rings. The van der Waals surface area contributed by atoms with Gasteiger partial charge in [0.15, 0.2) is 0 Å². The van der Waals surface area contributed by atoms with Crippen molar-refractivity contribution in [1.29, 1.82) is 0 Å². The van der Waals surface area contributed by atoms with Crippen LogP contribution in [0.3, 0.4) is 0 Å². The van der Waals surface area contributed by atoms with E-state index < -0.39 is 0 Å². The van der Waals surface area contributed by atoms with Crippen LogP contribution in [0.2, 0.25) is 0 Å². The third-order valence-electron chi connectivity index (χ3n) is 4.92. The highest BCUT2D eigenvalue weighted by Crippen LogP contribution is 2.36. The van der Waals surface area contributed by atoms with Gasteiger partial charge in [-0.3, -0.25) is 4.90 Å². The van der Waals surface area contributed by atoms with Crippen molar-refractivity contribution in [2.24, 2.45) is 11.7 Å². The molecule has 2 aliphatic carbocycles. The number of nitrogens with two attached hydrogens (primary N) is 1. The van der Waals surface area contributed by atoms with E-state index in [0.29, 0.717) is 5.54 Å². The summed E-state index contributed by atoms with van der Waals surface area (Å²) >= 11 is 0. The molecule has 0 spiro atoms.